The first-order chi connectivity index (χ1) is 10.0. The van der Waals surface area contributed by atoms with Crippen molar-refractivity contribution < 1.29 is 9.53 Å². The van der Waals surface area contributed by atoms with Crippen molar-refractivity contribution in [3.63, 3.8) is 0 Å². The van der Waals surface area contributed by atoms with E-state index >= 15 is 0 Å². The van der Waals surface area contributed by atoms with Crippen LogP contribution in [0.4, 0.5) is 22.1 Å². The Hall–Kier alpha value is -2.21. The first-order valence-corrected chi connectivity index (χ1v) is 7.58. The average molecular weight is 305 g/mol. The first kappa shape index (κ1) is 15.2. The van der Waals surface area contributed by atoms with Crippen molar-refractivity contribution in [2.45, 2.75) is 20.3 Å². The van der Waals surface area contributed by atoms with Crippen molar-refractivity contribution in [3.05, 3.63) is 34.7 Å². The molecule has 0 saturated heterocycles. The van der Waals surface area contributed by atoms with Gasteiger partial charge in [0.2, 0.25) is 0 Å². The Labute approximate surface area is 127 Å². The number of hydrogen-bond acceptors (Lipinski definition) is 6. The largest absolute Gasteiger partial charge is 0.462 e. The molecule has 0 aliphatic rings. The highest BCUT2D eigenvalue weighted by Crippen LogP contribution is 2.34. The number of anilines is 4. The summed E-state index contributed by atoms with van der Waals surface area (Å²) in [5.41, 5.74) is 14.0. The molecule has 0 amide bonds. The second kappa shape index (κ2) is 6.49. The fourth-order valence-corrected chi connectivity index (χ4v) is 2.88. The molecule has 0 saturated carbocycles. The minimum Gasteiger partial charge on any atom is -0.462 e. The van der Waals surface area contributed by atoms with E-state index in [0.717, 1.165) is 22.0 Å². The molecule has 0 spiro atoms. The van der Waals surface area contributed by atoms with Crippen LogP contribution in [0.25, 0.3) is 0 Å². The fraction of sp³-hybridized carbons (Fsp3) is 0.267. The lowest BCUT2D eigenvalue weighted by molar-refractivity contribution is 0.0528. The number of esters is 1. The van der Waals surface area contributed by atoms with Crippen LogP contribution < -0.4 is 16.8 Å². The van der Waals surface area contributed by atoms with Crippen LogP contribution in [0, 0.1) is 0 Å². The van der Waals surface area contributed by atoms with E-state index in [9.17, 15) is 4.79 Å². The number of nitrogens with one attached hydrogen (secondary N) is 1. The maximum Gasteiger partial charge on any atom is 0.341 e. The molecule has 1 aromatic heterocycles. The minimum atomic E-state index is -0.329. The summed E-state index contributed by atoms with van der Waals surface area (Å²) in [5.74, 6) is -0.329. The molecule has 5 nitrogen and oxygen atoms in total. The van der Waals surface area contributed by atoms with E-state index in [1.165, 1.54) is 11.3 Å². The summed E-state index contributed by atoms with van der Waals surface area (Å²) in [5, 5.41) is 3.94. The average Bonchev–Trinajstić information content (AvgIpc) is 2.85. The van der Waals surface area contributed by atoms with E-state index in [-0.39, 0.29) is 5.97 Å². The predicted octanol–water partition coefficient (Wildman–Crippen LogP) is 3.40. The number of nitrogen functional groups attached to an aromatic ring is 2. The Morgan fingerprint density at radius 2 is 2.05 bits per heavy atom. The van der Waals surface area contributed by atoms with Crippen LogP contribution in [0.3, 0.4) is 0 Å². The van der Waals surface area contributed by atoms with Gasteiger partial charge in [-0.15, -0.1) is 11.3 Å². The van der Waals surface area contributed by atoms with Crippen LogP contribution in [0.2, 0.25) is 0 Å². The summed E-state index contributed by atoms with van der Waals surface area (Å²) in [6.07, 6.45) is 0.857. The van der Waals surface area contributed by atoms with E-state index in [4.69, 9.17) is 16.2 Å². The topological polar surface area (TPSA) is 90.4 Å². The number of carbonyl (C=O) groups is 1. The van der Waals surface area contributed by atoms with Crippen molar-refractivity contribution in [2.75, 3.05) is 23.4 Å². The fourth-order valence-electron chi connectivity index (χ4n) is 1.89. The van der Waals surface area contributed by atoms with Crippen molar-refractivity contribution >= 4 is 39.4 Å². The Bertz CT molecular complexity index is 652. The summed E-state index contributed by atoms with van der Waals surface area (Å²) in [7, 11) is 0. The lowest BCUT2D eigenvalue weighted by Gasteiger charge is -2.10. The molecule has 21 heavy (non-hydrogen) atoms. The van der Waals surface area contributed by atoms with Gasteiger partial charge < -0.3 is 21.5 Å². The van der Waals surface area contributed by atoms with Crippen molar-refractivity contribution in [1.82, 2.24) is 0 Å². The molecule has 0 radical (unpaired) electrons. The predicted molar refractivity (Wildman–Crippen MR) is 88.2 cm³/mol. The summed E-state index contributed by atoms with van der Waals surface area (Å²) < 4.78 is 5.09. The van der Waals surface area contributed by atoms with Crippen molar-refractivity contribution in [2.24, 2.45) is 0 Å². The van der Waals surface area contributed by atoms with Crippen LogP contribution in [-0.2, 0) is 11.2 Å². The Morgan fingerprint density at radius 3 is 2.67 bits per heavy atom. The Balaban J connectivity index is 2.34. The maximum absolute atomic E-state index is 12.0. The molecule has 0 aliphatic carbocycles. The third-order valence-electron chi connectivity index (χ3n) is 2.95. The van der Waals surface area contributed by atoms with E-state index < -0.39 is 0 Å². The van der Waals surface area contributed by atoms with Gasteiger partial charge in [0.15, 0.2) is 0 Å². The molecule has 0 unspecified atom stereocenters. The summed E-state index contributed by atoms with van der Waals surface area (Å²) in [6.45, 7) is 4.18. The molecule has 2 rings (SSSR count). The molecule has 0 fully saturated rings. The number of aryl methyl sites for hydroxylation is 1. The van der Waals surface area contributed by atoms with Gasteiger partial charge in [0.25, 0.3) is 0 Å². The van der Waals surface area contributed by atoms with Crippen molar-refractivity contribution in [3.8, 4) is 0 Å². The van der Waals surface area contributed by atoms with Gasteiger partial charge in [-0.1, -0.05) is 6.92 Å². The van der Waals surface area contributed by atoms with Crippen LogP contribution >= 0.6 is 11.3 Å². The van der Waals surface area contributed by atoms with Gasteiger partial charge in [-0.05, 0) is 37.6 Å². The van der Waals surface area contributed by atoms with Gasteiger partial charge >= 0.3 is 5.97 Å². The van der Waals surface area contributed by atoms with Crippen molar-refractivity contribution in [1.29, 1.82) is 0 Å². The molecule has 112 valence electrons. The van der Waals surface area contributed by atoms with Crippen LogP contribution in [0.1, 0.15) is 29.1 Å². The number of thiophene rings is 1. The van der Waals surface area contributed by atoms with Gasteiger partial charge in [-0.2, -0.15) is 0 Å². The zero-order valence-electron chi connectivity index (χ0n) is 12.1. The molecular formula is C15H19N3O2S. The van der Waals surface area contributed by atoms with Gasteiger partial charge in [0, 0.05) is 10.6 Å². The molecular weight excluding hydrogens is 286 g/mol. The third kappa shape index (κ3) is 3.46. The van der Waals surface area contributed by atoms with Gasteiger partial charge in [0.1, 0.15) is 5.00 Å². The first-order valence-electron chi connectivity index (χ1n) is 6.77. The monoisotopic (exact) mass is 305 g/mol. The molecule has 0 aliphatic heterocycles. The lowest BCUT2D eigenvalue weighted by atomic mass is 10.2. The van der Waals surface area contributed by atoms with E-state index in [2.05, 4.69) is 5.32 Å². The molecule has 1 aromatic carbocycles. The van der Waals surface area contributed by atoms with Gasteiger partial charge in [-0.3, -0.25) is 0 Å². The molecule has 0 atom stereocenters. The minimum absolute atomic E-state index is 0.329. The van der Waals surface area contributed by atoms with Crippen LogP contribution in [0.15, 0.2) is 24.3 Å². The number of benzene rings is 1. The molecule has 5 N–H and O–H groups in total. The number of ether oxygens (including phenoxy) is 1. The van der Waals surface area contributed by atoms with Crippen LogP contribution in [-0.4, -0.2) is 12.6 Å². The smallest absolute Gasteiger partial charge is 0.341 e. The van der Waals surface area contributed by atoms with E-state index in [0.29, 0.717) is 23.5 Å². The van der Waals surface area contributed by atoms with Gasteiger partial charge in [-0.25, -0.2) is 4.79 Å². The highest BCUT2D eigenvalue weighted by Gasteiger charge is 2.17. The second-order valence-corrected chi connectivity index (χ2v) is 5.64. The maximum atomic E-state index is 12.0. The Kier molecular flexibility index (Phi) is 4.70. The lowest BCUT2D eigenvalue weighted by Crippen LogP contribution is -2.06. The SMILES string of the molecule is CCOC(=O)c1cc(CC)sc1Nc1ccc(N)cc1N. The normalized spacial score (nSPS) is 10.4. The highest BCUT2D eigenvalue weighted by molar-refractivity contribution is 7.16. The van der Waals surface area contributed by atoms with E-state index in [1.807, 2.05) is 13.0 Å². The number of carbonyl (C=O) groups excluding carboxylic acids is 1. The molecule has 1 heterocycles. The summed E-state index contributed by atoms with van der Waals surface area (Å²) in [4.78, 5) is 13.1. The highest BCUT2D eigenvalue weighted by atomic mass is 32.1. The number of rotatable bonds is 5. The summed E-state index contributed by atoms with van der Waals surface area (Å²) >= 11 is 1.52. The van der Waals surface area contributed by atoms with Crippen LogP contribution in [0.5, 0.6) is 0 Å². The Morgan fingerprint density at radius 1 is 1.29 bits per heavy atom. The second-order valence-electron chi connectivity index (χ2n) is 4.50. The standard InChI is InChI=1S/C15H19N3O2S/c1-3-10-8-11(15(19)20-4-2)14(21-10)18-13-6-5-9(16)7-12(13)17/h5-8,18H,3-4,16-17H2,1-2H3. The number of hydrogen-bond donors (Lipinski definition) is 3. The molecule has 0 bridgehead atoms. The van der Waals surface area contributed by atoms with E-state index in [1.54, 1.807) is 25.1 Å². The van der Waals surface area contributed by atoms with Gasteiger partial charge in [0.05, 0.1) is 23.5 Å². The third-order valence-corrected chi connectivity index (χ3v) is 4.15. The zero-order chi connectivity index (χ0) is 15.4. The number of nitrogens with two attached hydrogens (primary N) is 2. The summed E-state index contributed by atoms with van der Waals surface area (Å²) in [6, 6.07) is 7.10. The zero-order valence-corrected chi connectivity index (χ0v) is 12.9. The molecule has 2 aromatic rings. The molecule has 6 heteroatoms. The quantitative estimate of drug-likeness (QED) is 0.582.